The maximum atomic E-state index is 9.28. The number of rotatable bonds is 5. The van der Waals surface area contributed by atoms with Crippen molar-refractivity contribution in [2.24, 2.45) is 5.41 Å². The highest BCUT2D eigenvalue weighted by Gasteiger charge is 2.17. The quantitative estimate of drug-likeness (QED) is 0.867. The average molecular weight is 262 g/mol. The van der Waals surface area contributed by atoms with E-state index in [0.29, 0.717) is 12.5 Å². The van der Waals surface area contributed by atoms with Crippen molar-refractivity contribution >= 4 is 11.3 Å². The zero-order chi connectivity index (χ0) is 14.0. The molecule has 2 heterocycles. The summed E-state index contributed by atoms with van der Waals surface area (Å²) in [5.74, 6) is 1.20. The van der Waals surface area contributed by atoms with Crippen molar-refractivity contribution in [2.45, 2.75) is 33.6 Å². The number of hydrogen-bond acceptors (Lipinski definition) is 4. The van der Waals surface area contributed by atoms with Crippen LogP contribution in [0.25, 0.3) is 5.52 Å². The van der Waals surface area contributed by atoms with Crippen LogP contribution in [0.5, 0.6) is 0 Å². The van der Waals surface area contributed by atoms with Gasteiger partial charge >= 0.3 is 0 Å². The Labute approximate surface area is 113 Å². The van der Waals surface area contributed by atoms with E-state index in [4.69, 9.17) is 0 Å². The van der Waals surface area contributed by atoms with E-state index in [1.54, 1.807) is 6.20 Å². The molecule has 0 unspecified atom stereocenters. The molecule has 0 bridgehead atoms. The molecule has 2 aromatic heterocycles. The third kappa shape index (κ3) is 3.04. The monoisotopic (exact) mass is 262 g/mol. The highest BCUT2D eigenvalue weighted by Crippen LogP contribution is 2.21. The van der Waals surface area contributed by atoms with E-state index in [9.17, 15) is 5.11 Å². The first-order valence-corrected chi connectivity index (χ1v) is 6.62. The van der Waals surface area contributed by atoms with Crippen LogP contribution in [0.4, 0.5) is 5.82 Å². The van der Waals surface area contributed by atoms with Crippen molar-refractivity contribution in [3.8, 4) is 0 Å². The minimum atomic E-state index is -0.171. The van der Waals surface area contributed by atoms with Crippen LogP contribution in [0.1, 0.15) is 39.3 Å². The lowest BCUT2D eigenvalue weighted by atomic mass is 9.95. The van der Waals surface area contributed by atoms with Crippen LogP contribution in [0.2, 0.25) is 0 Å². The Morgan fingerprint density at radius 3 is 2.79 bits per heavy atom. The Bertz CT molecular complexity index is 560. The number of nitrogens with zero attached hydrogens (tertiary/aromatic N) is 3. The minimum absolute atomic E-state index is 0.139. The van der Waals surface area contributed by atoms with Crippen molar-refractivity contribution in [2.75, 3.05) is 18.5 Å². The predicted octanol–water partition coefficient (Wildman–Crippen LogP) is 2.28. The van der Waals surface area contributed by atoms with Gasteiger partial charge < -0.3 is 10.4 Å². The maximum Gasteiger partial charge on any atom is 0.152 e. The SMILES string of the molecule is CC(C)c1cc2c(NCC(C)(C)CO)nccn2n1. The van der Waals surface area contributed by atoms with Crippen molar-refractivity contribution in [3.05, 3.63) is 24.2 Å². The van der Waals surface area contributed by atoms with Gasteiger partial charge in [0.25, 0.3) is 0 Å². The molecule has 0 aliphatic heterocycles. The largest absolute Gasteiger partial charge is 0.396 e. The van der Waals surface area contributed by atoms with Crippen LogP contribution in [0, 0.1) is 5.41 Å². The van der Waals surface area contributed by atoms with E-state index in [1.807, 2.05) is 24.6 Å². The Kier molecular flexibility index (Phi) is 3.75. The zero-order valence-corrected chi connectivity index (χ0v) is 12.0. The fourth-order valence-corrected chi connectivity index (χ4v) is 1.74. The van der Waals surface area contributed by atoms with E-state index >= 15 is 0 Å². The lowest BCUT2D eigenvalue weighted by Gasteiger charge is -2.22. The molecule has 104 valence electrons. The fourth-order valence-electron chi connectivity index (χ4n) is 1.74. The molecule has 5 nitrogen and oxygen atoms in total. The van der Waals surface area contributed by atoms with Gasteiger partial charge in [-0.3, -0.25) is 0 Å². The van der Waals surface area contributed by atoms with E-state index in [-0.39, 0.29) is 12.0 Å². The standard InChI is InChI=1S/C14H22N4O/c1-10(2)11-7-12-13(15-5-6-18(12)17-11)16-8-14(3,4)9-19/h5-7,10,19H,8-9H2,1-4H3,(H,15,16). The Morgan fingerprint density at radius 1 is 1.42 bits per heavy atom. The van der Waals surface area contributed by atoms with Gasteiger partial charge in [-0.25, -0.2) is 9.50 Å². The summed E-state index contributed by atoms with van der Waals surface area (Å²) in [7, 11) is 0. The number of aromatic nitrogens is 3. The lowest BCUT2D eigenvalue weighted by molar-refractivity contribution is 0.171. The molecule has 2 N–H and O–H groups in total. The Hall–Kier alpha value is -1.62. The van der Waals surface area contributed by atoms with Gasteiger partial charge in [-0.2, -0.15) is 5.10 Å². The van der Waals surface area contributed by atoms with Gasteiger partial charge in [-0.05, 0) is 12.0 Å². The molecule has 0 aliphatic carbocycles. The van der Waals surface area contributed by atoms with Crippen molar-refractivity contribution in [3.63, 3.8) is 0 Å². The number of aliphatic hydroxyl groups excluding tert-OH is 1. The second-order valence-corrected chi connectivity index (χ2v) is 6.01. The molecule has 2 rings (SSSR count). The third-order valence-corrected chi connectivity index (χ3v) is 3.16. The summed E-state index contributed by atoms with van der Waals surface area (Å²) in [6.07, 6.45) is 3.59. The first-order chi connectivity index (χ1) is 8.93. The molecule has 0 saturated carbocycles. The molecule has 0 amide bonds. The highest BCUT2D eigenvalue weighted by molar-refractivity contribution is 5.67. The van der Waals surface area contributed by atoms with E-state index in [1.165, 1.54) is 0 Å². The smallest absolute Gasteiger partial charge is 0.152 e. The molecule has 0 radical (unpaired) electrons. The molecule has 0 atom stereocenters. The van der Waals surface area contributed by atoms with Gasteiger partial charge in [-0.15, -0.1) is 0 Å². The predicted molar refractivity (Wildman–Crippen MR) is 76.4 cm³/mol. The summed E-state index contributed by atoms with van der Waals surface area (Å²) in [6, 6.07) is 2.06. The van der Waals surface area contributed by atoms with Crippen LogP contribution in [0.15, 0.2) is 18.5 Å². The van der Waals surface area contributed by atoms with Crippen LogP contribution in [0.3, 0.4) is 0 Å². The van der Waals surface area contributed by atoms with Crippen LogP contribution < -0.4 is 5.32 Å². The number of aliphatic hydroxyl groups is 1. The molecule has 5 heteroatoms. The molecule has 19 heavy (non-hydrogen) atoms. The maximum absolute atomic E-state index is 9.28. The second-order valence-electron chi connectivity index (χ2n) is 6.01. The van der Waals surface area contributed by atoms with Gasteiger partial charge in [0.05, 0.1) is 5.69 Å². The summed E-state index contributed by atoms with van der Waals surface area (Å²) in [4.78, 5) is 4.36. The lowest BCUT2D eigenvalue weighted by Crippen LogP contribution is -2.27. The van der Waals surface area contributed by atoms with Gasteiger partial charge in [0, 0.05) is 31.0 Å². The summed E-state index contributed by atoms with van der Waals surface area (Å²) in [6.45, 7) is 9.07. The van der Waals surface area contributed by atoms with Crippen LogP contribution in [-0.2, 0) is 0 Å². The second kappa shape index (κ2) is 5.17. The van der Waals surface area contributed by atoms with Crippen molar-refractivity contribution in [1.82, 2.24) is 14.6 Å². The first kappa shape index (κ1) is 13.8. The molecule has 0 aromatic carbocycles. The molecular weight excluding hydrogens is 240 g/mol. The number of nitrogens with one attached hydrogen (secondary N) is 1. The van der Waals surface area contributed by atoms with E-state index in [0.717, 1.165) is 17.0 Å². The fraction of sp³-hybridized carbons (Fsp3) is 0.571. The molecule has 0 spiro atoms. The molecule has 0 aliphatic rings. The van der Waals surface area contributed by atoms with E-state index < -0.39 is 0 Å². The number of anilines is 1. The zero-order valence-electron chi connectivity index (χ0n) is 12.0. The summed E-state index contributed by atoms with van der Waals surface area (Å²) in [5.41, 5.74) is 1.85. The highest BCUT2D eigenvalue weighted by atomic mass is 16.3. The van der Waals surface area contributed by atoms with Crippen LogP contribution >= 0.6 is 0 Å². The minimum Gasteiger partial charge on any atom is -0.396 e. The third-order valence-electron chi connectivity index (χ3n) is 3.16. The molecular formula is C14H22N4O. The van der Waals surface area contributed by atoms with Gasteiger partial charge in [0.1, 0.15) is 5.52 Å². The van der Waals surface area contributed by atoms with Crippen molar-refractivity contribution in [1.29, 1.82) is 0 Å². The molecule has 2 aromatic rings. The Morgan fingerprint density at radius 2 is 2.16 bits per heavy atom. The Balaban J connectivity index is 2.28. The van der Waals surface area contributed by atoms with Crippen molar-refractivity contribution < 1.29 is 5.11 Å². The summed E-state index contributed by atoms with van der Waals surface area (Å²) < 4.78 is 1.84. The normalized spacial score (nSPS) is 12.3. The summed E-state index contributed by atoms with van der Waals surface area (Å²) in [5, 5.41) is 17.1. The first-order valence-electron chi connectivity index (χ1n) is 6.62. The molecule has 0 saturated heterocycles. The van der Waals surface area contributed by atoms with E-state index in [2.05, 4.69) is 35.3 Å². The van der Waals surface area contributed by atoms with Crippen LogP contribution in [-0.4, -0.2) is 32.9 Å². The average Bonchev–Trinajstić information content (AvgIpc) is 2.81. The van der Waals surface area contributed by atoms with Gasteiger partial charge in [-0.1, -0.05) is 27.7 Å². The molecule has 0 fully saturated rings. The van der Waals surface area contributed by atoms with Gasteiger partial charge in [0.15, 0.2) is 5.82 Å². The van der Waals surface area contributed by atoms with Gasteiger partial charge in [0.2, 0.25) is 0 Å². The number of hydrogen-bond donors (Lipinski definition) is 2. The summed E-state index contributed by atoms with van der Waals surface area (Å²) >= 11 is 0. The number of fused-ring (bicyclic) bond motifs is 1. The topological polar surface area (TPSA) is 62.5 Å².